The van der Waals surface area contributed by atoms with Gasteiger partial charge in [0.15, 0.2) is 0 Å². The van der Waals surface area contributed by atoms with Crippen LogP contribution in [0.15, 0.2) is 0 Å². The minimum atomic E-state index is -0.447. The summed E-state index contributed by atoms with van der Waals surface area (Å²) in [6.07, 6.45) is -0.602. The van der Waals surface area contributed by atoms with Crippen LogP contribution in [-0.4, -0.2) is 44.2 Å². The zero-order chi connectivity index (χ0) is 10.9. The van der Waals surface area contributed by atoms with Crippen LogP contribution in [0.5, 0.6) is 0 Å². The van der Waals surface area contributed by atoms with Crippen molar-refractivity contribution in [2.24, 2.45) is 0 Å². The number of likely N-dealkylation sites (N-methyl/N-ethyl adjacent to an activating group) is 1. The number of nitrogens with zero attached hydrogens (tertiary/aromatic N) is 1. The molecule has 1 rings (SSSR count). The topological polar surface area (TPSA) is 38.8 Å². The van der Waals surface area contributed by atoms with Crippen LogP contribution in [0.4, 0.5) is 0 Å². The monoisotopic (exact) mass is 199 g/mol. The summed E-state index contributed by atoms with van der Waals surface area (Å²) in [5.74, 6) is 0.248. The number of rotatable bonds is 2. The van der Waals surface area contributed by atoms with Crippen molar-refractivity contribution in [3.8, 4) is 0 Å². The summed E-state index contributed by atoms with van der Waals surface area (Å²) >= 11 is 0. The molecule has 80 valence electrons. The van der Waals surface area contributed by atoms with Crippen LogP contribution < -0.4 is 0 Å². The molecular weight excluding hydrogens is 181 g/mol. The van der Waals surface area contributed by atoms with E-state index >= 15 is 0 Å². The Labute approximate surface area is 85.7 Å². The molecule has 0 N–H and O–H groups in total. The molecule has 1 fully saturated rings. The smallest absolute Gasteiger partial charge is 0.405 e. The van der Waals surface area contributed by atoms with E-state index in [0.717, 1.165) is 0 Å². The van der Waals surface area contributed by atoms with Gasteiger partial charge in [0.1, 0.15) is 6.10 Å². The zero-order valence-electron chi connectivity index (χ0n) is 9.48. The van der Waals surface area contributed by atoms with Crippen molar-refractivity contribution in [3.63, 3.8) is 0 Å². The van der Waals surface area contributed by atoms with Crippen LogP contribution in [0.3, 0.4) is 0 Å². The number of hydrogen-bond donors (Lipinski definition) is 0. The molecule has 1 aliphatic heterocycles. The van der Waals surface area contributed by atoms with E-state index in [1.165, 1.54) is 4.90 Å². The molecule has 14 heavy (non-hydrogen) atoms. The first kappa shape index (κ1) is 11.5. The van der Waals surface area contributed by atoms with Crippen molar-refractivity contribution in [3.05, 3.63) is 0 Å². The minimum absolute atomic E-state index is 0.0272. The van der Waals surface area contributed by atoms with Gasteiger partial charge in [-0.1, -0.05) is 13.8 Å². The number of hydrogen-bond acceptors (Lipinski definition) is 3. The highest BCUT2D eigenvalue weighted by Gasteiger charge is 2.43. The molecule has 0 aromatic heterocycles. The molecule has 0 aliphatic carbocycles. The lowest BCUT2D eigenvalue weighted by atomic mass is 9.75. The van der Waals surface area contributed by atoms with Crippen LogP contribution >= 0.6 is 0 Å². The first-order chi connectivity index (χ1) is 6.43. The second-order valence-corrected chi connectivity index (χ2v) is 4.24. The Bertz CT molecular complexity index is 220. The molecule has 1 aliphatic rings. The Hall–Kier alpha value is -0.545. The van der Waals surface area contributed by atoms with E-state index in [-0.39, 0.29) is 24.9 Å². The van der Waals surface area contributed by atoms with Gasteiger partial charge in [-0.15, -0.1) is 0 Å². The number of amides is 1. The van der Waals surface area contributed by atoms with Crippen LogP contribution in [0.25, 0.3) is 0 Å². The average Bonchev–Trinajstić information content (AvgIpc) is 2.46. The van der Waals surface area contributed by atoms with Crippen LogP contribution in [-0.2, 0) is 14.1 Å². The molecular formula is C9H18BNO3. The quantitative estimate of drug-likeness (QED) is 0.616. The Morgan fingerprint density at radius 1 is 1.36 bits per heavy atom. The zero-order valence-corrected chi connectivity index (χ0v) is 9.48. The molecule has 0 unspecified atom stereocenters. The predicted molar refractivity (Wildman–Crippen MR) is 55.0 cm³/mol. The normalized spacial score (nSPS) is 27.1. The fourth-order valence-corrected chi connectivity index (χ4v) is 1.40. The molecule has 1 saturated heterocycles. The van der Waals surface area contributed by atoms with Gasteiger partial charge in [0.2, 0.25) is 0 Å². The van der Waals surface area contributed by atoms with Gasteiger partial charge < -0.3 is 14.2 Å². The summed E-state index contributed by atoms with van der Waals surface area (Å²) in [7, 11) is 3.20. The van der Waals surface area contributed by atoms with Gasteiger partial charge in [0.05, 0.1) is 6.10 Å². The SMILES string of the molecule is CC(C)B1O[C@@H](C)[C@H](C(=O)N(C)C)O1. The first-order valence-corrected chi connectivity index (χ1v) is 4.95. The van der Waals surface area contributed by atoms with Crippen LogP contribution in [0, 0.1) is 0 Å². The van der Waals surface area contributed by atoms with Gasteiger partial charge in [0, 0.05) is 14.1 Å². The third kappa shape index (κ3) is 2.28. The Morgan fingerprint density at radius 2 is 1.93 bits per heavy atom. The fraction of sp³-hybridized carbons (Fsp3) is 0.889. The Kier molecular flexibility index (Phi) is 3.56. The van der Waals surface area contributed by atoms with E-state index in [1.807, 2.05) is 20.8 Å². The van der Waals surface area contributed by atoms with Crippen molar-refractivity contribution in [1.29, 1.82) is 0 Å². The lowest BCUT2D eigenvalue weighted by Gasteiger charge is -2.18. The summed E-state index contributed by atoms with van der Waals surface area (Å²) in [6.45, 7) is 5.90. The molecule has 1 heterocycles. The standard InChI is InChI=1S/C9H18BNO3/c1-6(2)10-13-7(3)8(14-10)9(12)11(4)5/h6-8H,1-5H3/t7-,8+/m0/s1. The summed E-state index contributed by atoms with van der Waals surface area (Å²) in [4.78, 5) is 13.2. The summed E-state index contributed by atoms with van der Waals surface area (Å²) < 4.78 is 11.1. The van der Waals surface area contributed by atoms with Crippen molar-refractivity contribution >= 4 is 13.0 Å². The molecule has 0 aromatic rings. The highest BCUT2D eigenvalue weighted by molar-refractivity contribution is 6.47. The van der Waals surface area contributed by atoms with E-state index in [9.17, 15) is 4.79 Å². The number of carbonyl (C=O) groups is 1. The molecule has 0 aromatic carbocycles. The summed E-state index contributed by atoms with van der Waals surface area (Å²) in [5.41, 5.74) is 0. The maximum Gasteiger partial charge on any atom is 0.460 e. The third-order valence-corrected chi connectivity index (χ3v) is 2.28. The van der Waals surface area contributed by atoms with Crippen LogP contribution in [0.1, 0.15) is 20.8 Å². The van der Waals surface area contributed by atoms with E-state index in [0.29, 0.717) is 0 Å². The van der Waals surface area contributed by atoms with Crippen LogP contribution in [0.2, 0.25) is 5.82 Å². The maximum atomic E-state index is 11.6. The second kappa shape index (κ2) is 4.32. The van der Waals surface area contributed by atoms with Gasteiger partial charge in [0.25, 0.3) is 5.91 Å². The molecule has 1 amide bonds. The molecule has 0 spiro atoms. The Morgan fingerprint density at radius 3 is 2.29 bits per heavy atom. The minimum Gasteiger partial charge on any atom is -0.405 e. The largest absolute Gasteiger partial charge is 0.460 e. The molecule has 5 heteroatoms. The fourth-order valence-electron chi connectivity index (χ4n) is 1.40. The van der Waals surface area contributed by atoms with Crippen molar-refractivity contribution < 1.29 is 14.1 Å². The summed E-state index contributed by atoms with van der Waals surface area (Å²) in [6, 6.07) is 0. The molecule has 0 radical (unpaired) electrons. The van der Waals surface area contributed by atoms with Gasteiger partial charge in [-0.3, -0.25) is 4.79 Å². The van der Waals surface area contributed by atoms with E-state index in [2.05, 4.69) is 0 Å². The van der Waals surface area contributed by atoms with E-state index in [4.69, 9.17) is 9.31 Å². The van der Waals surface area contributed by atoms with Crippen molar-refractivity contribution in [1.82, 2.24) is 4.90 Å². The summed E-state index contributed by atoms with van der Waals surface area (Å²) in [5, 5.41) is 0. The van der Waals surface area contributed by atoms with Gasteiger partial charge >= 0.3 is 7.12 Å². The lowest BCUT2D eigenvalue weighted by Crippen LogP contribution is -2.39. The van der Waals surface area contributed by atoms with Gasteiger partial charge in [-0.25, -0.2) is 0 Å². The van der Waals surface area contributed by atoms with E-state index < -0.39 is 6.10 Å². The van der Waals surface area contributed by atoms with Crippen molar-refractivity contribution in [2.75, 3.05) is 14.1 Å². The van der Waals surface area contributed by atoms with Crippen molar-refractivity contribution in [2.45, 2.75) is 38.8 Å². The lowest BCUT2D eigenvalue weighted by molar-refractivity contribution is -0.136. The number of carbonyl (C=O) groups excluding carboxylic acids is 1. The molecule has 0 saturated carbocycles. The maximum absolute atomic E-state index is 11.6. The average molecular weight is 199 g/mol. The van der Waals surface area contributed by atoms with E-state index in [1.54, 1.807) is 14.1 Å². The first-order valence-electron chi connectivity index (χ1n) is 4.95. The molecule has 0 bridgehead atoms. The second-order valence-electron chi connectivity index (χ2n) is 4.24. The highest BCUT2D eigenvalue weighted by atomic mass is 16.7. The predicted octanol–water partition coefficient (Wildman–Crippen LogP) is 0.777. The molecule has 2 atom stereocenters. The Balaban J connectivity index is 2.61. The molecule has 4 nitrogen and oxygen atoms in total. The van der Waals surface area contributed by atoms with Gasteiger partial charge in [-0.05, 0) is 12.7 Å². The highest BCUT2D eigenvalue weighted by Crippen LogP contribution is 2.24. The third-order valence-electron chi connectivity index (χ3n) is 2.28. The van der Waals surface area contributed by atoms with Gasteiger partial charge in [-0.2, -0.15) is 0 Å².